The number of benzene rings is 1. The lowest BCUT2D eigenvalue weighted by Crippen LogP contribution is -2.23. The average molecular weight is 364 g/mol. The Morgan fingerprint density at radius 3 is 2.43 bits per heavy atom. The van der Waals surface area contributed by atoms with Gasteiger partial charge in [0.1, 0.15) is 12.4 Å². The van der Waals surface area contributed by atoms with Crippen molar-refractivity contribution in [3.8, 4) is 5.75 Å². The van der Waals surface area contributed by atoms with Gasteiger partial charge in [-0.05, 0) is 57.6 Å². The molecule has 7 heteroatoms. The van der Waals surface area contributed by atoms with Crippen molar-refractivity contribution in [2.75, 3.05) is 32.6 Å². The molecule has 0 aliphatic heterocycles. The summed E-state index contributed by atoms with van der Waals surface area (Å²) < 4.78 is 5.62. The van der Waals surface area contributed by atoms with Crippen LogP contribution >= 0.6 is 24.8 Å². The highest BCUT2D eigenvalue weighted by Crippen LogP contribution is 2.25. The molecule has 1 amide bonds. The molecule has 1 aliphatic carbocycles. The van der Waals surface area contributed by atoms with E-state index in [2.05, 4.69) is 10.2 Å². The van der Waals surface area contributed by atoms with Crippen LogP contribution in [-0.2, 0) is 4.79 Å². The standard InChI is InChI=1S/C16H25N3O2.2ClH/c1-19(2)9-10-21-15-7-5-14(6-8-15)18-16(20)12-3-4-13(17)11-12;;/h5-8,12-13H,3-4,9-11,17H2,1-2H3,(H,18,20);2*1H. The first-order valence-electron chi connectivity index (χ1n) is 7.48. The van der Waals surface area contributed by atoms with Gasteiger partial charge in [0.15, 0.2) is 0 Å². The Morgan fingerprint density at radius 2 is 1.91 bits per heavy atom. The monoisotopic (exact) mass is 363 g/mol. The predicted octanol–water partition coefficient (Wildman–Crippen LogP) is 2.54. The number of likely N-dealkylation sites (N-methyl/N-ethyl adjacent to an activating group) is 1. The van der Waals surface area contributed by atoms with Crippen molar-refractivity contribution >= 4 is 36.4 Å². The van der Waals surface area contributed by atoms with Crippen LogP contribution in [0.3, 0.4) is 0 Å². The zero-order chi connectivity index (χ0) is 15.2. The van der Waals surface area contributed by atoms with Gasteiger partial charge in [0.05, 0.1) is 0 Å². The average Bonchev–Trinajstić information content (AvgIpc) is 2.87. The van der Waals surface area contributed by atoms with Gasteiger partial charge in [0.25, 0.3) is 0 Å². The lowest BCUT2D eigenvalue weighted by Gasteiger charge is -2.13. The summed E-state index contributed by atoms with van der Waals surface area (Å²) in [5.41, 5.74) is 6.65. The van der Waals surface area contributed by atoms with E-state index in [1.54, 1.807) is 0 Å². The summed E-state index contributed by atoms with van der Waals surface area (Å²) in [5.74, 6) is 0.943. The number of hydrogen-bond acceptors (Lipinski definition) is 4. The molecule has 0 spiro atoms. The Balaban J connectivity index is 0.00000242. The zero-order valence-corrected chi connectivity index (χ0v) is 15.3. The van der Waals surface area contributed by atoms with Gasteiger partial charge in [-0.3, -0.25) is 4.79 Å². The second kappa shape index (κ2) is 10.7. The Kier molecular flexibility index (Phi) is 10.2. The number of halogens is 2. The first-order valence-corrected chi connectivity index (χ1v) is 7.48. The second-order valence-corrected chi connectivity index (χ2v) is 5.94. The van der Waals surface area contributed by atoms with E-state index in [0.717, 1.165) is 37.2 Å². The Hall–Kier alpha value is -1.01. The summed E-state index contributed by atoms with van der Waals surface area (Å²) in [6, 6.07) is 7.68. The molecule has 132 valence electrons. The number of carbonyl (C=O) groups excluding carboxylic acids is 1. The number of nitrogens with zero attached hydrogens (tertiary/aromatic N) is 1. The van der Waals surface area contributed by atoms with E-state index >= 15 is 0 Å². The molecular weight excluding hydrogens is 337 g/mol. The van der Waals surface area contributed by atoms with E-state index in [-0.39, 0.29) is 42.7 Å². The predicted molar refractivity (Wildman–Crippen MR) is 98.9 cm³/mol. The van der Waals surface area contributed by atoms with E-state index in [1.165, 1.54) is 0 Å². The van der Waals surface area contributed by atoms with E-state index in [1.807, 2.05) is 38.4 Å². The molecule has 0 saturated heterocycles. The summed E-state index contributed by atoms with van der Waals surface area (Å²) in [6.45, 7) is 1.53. The molecule has 2 unspecified atom stereocenters. The fraction of sp³-hybridized carbons (Fsp3) is 0.562. The summed E-state index contributed by atoms with van der Waals surface area (Å²) in [5, 5.41) is 2.95. The molecule has 1 saturated carbocycles. The molecule has 2 rings (SSSR count). The van der Waals surface area contributed by atoms with E-state index in [9.17, 15) is 4.79 Å². The SMILES string of the molecule is CN(C)CCOc1ccc(NC(=O)C2CCC(N)C2)cc1.Cl.Cl. The zero-order valence-electron chi connectivity index (χ0n) is 13.7. The van der Waals surface area contributed by atoms with Gasteiger partial charge < -0.3 is 20.7 Å². The van der Waals surface area contributed by atoms with Gasteiger partial charge >= 0.3 is 0 Å². The van der Waals surface area contributed by atoms with E-state index in [0.29, 0.717) is 6.61 Å². The first kappa shape index (κ1) is 22.0. The minimum absolute atomic E-state index is 0. The van der Waals surface area contributed by atoms with Crippen molar-refractivity contribution in [3.63, 3.8) is 0 Å². The molecule has 0 aromatic heterocycles. The fourth-order valence-corrected chi connectivity index (χ4v) is 2.48. The minimum atomic E-state index is 0. The molecule has 1 aromatic carbocycles. The molecule has 1 fully saturated rings. The van der Waals surface area contributed by atoms with Crippen molar-refractivity contribution in [1.29, 1.82) is 0 Å². The van der Waals surface area contributed by atoms with Crippen LogP contribution in [0.4, 0.5) is 5.69 Å². The van der Waals surface area contributed by atoms with Gasteiger partial charge in [0, 0.05) is 24.2 Å². The fourth-order valence-electron chi connectivity index (χ4n) is 2.48. The van der Waals surface area contributed by atoms with Crippen molar-refractivity contribution in [1.82, 2.24) is 4.90 Å². The highest BCUT2D eigenvalue weighted by Gasteiger charge is 2.27. The third kappa shape index (κ3) is 7.40. The van der Waals surface area contributed by atoms with Crippen LogP contribution < -0.4 is 15.8 Å². The van der Waals surface area contributed by atoms with Gasteiger partial charge in [-0.2, -0.15) is 0 Å². The van der Waals surface area contributed by atoms with Crippen LogP contribution in [0.2, 0.25) is 0 Å². The highest BCUT2D eigenvalue weighted by molar-refractivity contribution is 5.92. The molecular formula is C16H27Cl2N3O2. The van der Waals surface area contributed by atoms with Crippen molar-refractivity contribution in [3.05, 3.63) is 24.3 Å². The third-order valence-corrected chi connectivity index (χ3v) is 3.77. The normalized spacial score (nSPS) is 19.7. The molecule has 1 aromatic rings. The molecule has 0 radical (unpaired) electrons. The Labute approximate surface area is 150 Å². The maximum atomic E-state index is 12.1. The van der Waals surface area contributed by atoms with Crippen LogP contribution in [0.25, 0.3) is 0 Å². The smallest absolute Gasteiger partial charge is 0.227 e. The maximum absolute atomic E-state index is 12.1. The molecule has 0 bridgehead atoms. The quantitative estimate of drug-likeness (QED) is 0.814. The molecule has 3 N–H and O–H groups in total. The largest absolute Gasteiger partial charge is 0.492 e. The van der Waals surface area contributed by atoms with Gasteiger partial charge in [-0.1, -0.05) is 0 Å². The number of rotatable bonds is 6. The van der Waals surface area contributed by atoms with E-state index in [4.69, 9.17) is 10.5 Å². The van der Waals surface area contributed by atoms with Crippen LogP contribution in [0.1, 0.15) is 19.3 Å². The molecule has 1 aliphatic rings. The highest BCUT2D eigenvalue weighted by atomic mass is 35.5. The van der Waals surface area contributed by atoms with Crippen molar-refractivity contribution < 1.29 is 9.53 Å². The lowest BCUT2D eigenvalue weighted by atomic mass is 10.1. The molecule has 0 heterocycles. The summed E-state index contributed by atoms with van der Waals surface area (Å²) in [6.07, 6.45) is 2.62. The van der Waals surface area contributed by atoms with Crippen LogP contribution in [0, 0.1) is 5.92 Å². The number of nitrogens with one attached hydrogen (secondary N) is 1. The first-order chi connectivity index (χ1) is 10.0. The van der Waals surface area contributed by atoms with Gasteiger partial charge in [-0.15, -0.1) is 24.8 Å². The number of carbonyl (C=O) groups is 1. The summed E-state index contributed by atoms with van der Waals surface area (Å²) in [4.78, 5) is 14.2. The summed E-state index contributed by atoms with van der Waals surface area (Å²) in [7, 11) is 4.02. The number of amides is 1. The third-order valence-electron chi connectivity index (χ3n) is 3.77. The van der Waals surface area contributed by atoms with Crippen molar-refractivity contribution in [2.24, 2.45) is 11.7 Å². The number of ether oxygens (including phenoxy) is 1. The topological polar surface area (TPSA) is 67.6 Å². The van der Waals surface area contributed by atoms with Gasteiger partial charge in [0.2, 0.25) is 5.91 Å². The number of hydrogen-bond donors (Lipinski definition) is 2. The molecule has 2 atom stereocenters. The number of anilines is 1. The number of nitrogens with two attached hydrogens (primary N) is 1. The van der Waals surface area contributed by atoms with Crippen molar-refractivity contribution in [2.45, 2.75) is 25.3 Å². The van der Waals surface area contributed by atoms with Crippen LogP contribution in [-0.4, -0.2) is 44.1 Å². The second-order valence-electron chi connectivity index (χ2n) is 5.94. The Bertz CT molecular complexity index is 469. The molecule has 5 nitrogen and oxygen atoms in total. The maximum Gasteiger partial charge on any atom is 0.227 e. The van der Waals surface area contributed by atoms with Crippen LogP contribution in [0.5, 0.6) is 5.75 Å². The minimum Gasteiger partial charge on any atom is -0.492 e. The molecule has 23 heavy (non-hydrogen) atoms. The van der Waals surface area contributed by atoms with Crippen LogP contribution in [0.15, 0.2) is 24.3 Å². The van der Waals surface area contributed by atoms with E-state index < -0.39 is 0 Å². The Morgan fingerprint density at radius 1 is 1.26 bits per heavy atom. The lowest BCUT2D eigenvalue weighted by molar-refractivity contribution is -0.119. The van der Waals surface area contributed by atoms with Gasteiger partial charge in [-0.25, -0.2) is 0 Å². The summed E-state index contributed by atoms with van der Waals surface area (Å²) >= 11 is 0.